The molecule has 0 saturated carbocycles. The van der Waals surface area contributed by atoms with Crippen LogP contribution in [0.5, 0.6) is 5.75 Å². The Kier molecular flexibility index (Phi) is 7.75. The van der Waals surface area contributed by atoms with Crippen LogP contribution in [0.15, 0.2) is 18.2 Å². The molecular formula is C16H25FN2O2. The lowest BCUT2D eigenvalue weighted by molar-refractivity contribution is -0.123. The molecule has 0 aliphatic heterocycles. The highest BCUT2D eigenvalue weighted by Crippen LogP contribution is 2.18. The molecule has 0 heterocycles. The van der Waals surface area contributed by atoms with Gasteiger partial charge in [-0.05, 0) is 37.0 Å². The van der Waals surface area contributed by atoms with E-state index in [9.17, 15) is 9.18 Å². The van der Waals surface area contributed by atoms with Gasteiger partial charge in [-0.3, -0.25) is 4.79 Å². The van der Waals surface area contributed by atoms with Crippen molar-refractivity contribution < 1.29 is 13.9 Å². The molecule has 0 aliphatic rings. The monoisotopic (exact) mass is 296 g/mol. The molecule has 1 rings (SSSR count). The lowest BCUT2D eigenvalue weighted by Crippen LogP contribution is -2.29. The van der Waals surface area contributed by atoms with Gasteiger partial charge in [0.15, 0.2) is 6.61 Å². The minimum absolute atomic E-state index is 0.00278. The fraction of sp³-hybridized carbons (Fsp3) is 0.562. The summed E-state index contributed by atoms with van der Waals surface area (Å²) in [6, 6.07) is 4.46. The number of unbranched alkanes of at least 4 members (excludes halogenated alkanes) is 1. The lowest BCUT2D eigenvalue weighted by Gasteiger charge is -2.11. The zero-order chi connectivity index (χ0) is 15.7. The van der Waals surface area contributed by atoms with Crippen LogP contribution in [0.1, 0.15) is 38.7 Å². The van der Waals surface area contributed by atoms with Crippen LogP contribution in [0.2, 0.25) is 0 Å². The highest BCUT2D eigenvalue weighted by molar-refractivity contribution is 5.77. The molecular weight excluding hydrogens is 271 g/mol. The van der Waals surface area contributed by atoms with Crippen molar-refractivity contribution in [1.29, 1.82) is 0 Å². The molecule has 4 nitrogen and oxygen atoms in total. The number of ether oxygens (including phenoxy) is 1. The maximum Gasteiger partial charge on any atom is 0.257 e. The average molecular weight is 296 g/mol. The third-order valence-electron chi connectivity index (χ3n) is 3.18. The fourth-order valence-electron chi connectivity index (χ4n) is 1.87. The summed E-state index contributed by atoms with van der Waals surface area (Å²) in [7, 11) is 0. The quantitative estimate of drug-likeness (QED) is 0.688. The summed E-state index contributed by atoms with van der Waals surface area (Å²) in [6.07, 6.45) is 3.37. The van der Waals surface area contributed by atoms with Crippen LogP contribution in [-0.4, -0.2) is 25.1 Å². The summed E-state index contributed by atoms with van der Waals surface area (Å²) in [5.74, 6) is -0.212. The smallest absolute Gasteiger partial charge is 0.257 e. The van der Waals surface area contributed by atoms with Crippen LogP contribution in [0.25, 0.3) is 0 Å². The van der Waals surface area contributed by atoms with E-state index in [0.29, 0.717) is 18.7 Å². The number of halogens is 1. The van der Waals surface area contributed by atoms with E-state index in [0.717, 1.165) is 24.8 Å². The third kappa shape index (κ3) is 7.09. The molecule has 0 fully saturated rings. The molecule has 1 aromatic rings. The van der Waals surface area contributed by atoms with E-state index in [1.165, 1.54) is 12.1 Å². The van der Waals surface area contributed by atoms with Crippen molar-refractivity contribution in [3.63, 3.8) is 0 Å². The Morgan fingerprint density at radius 1 is 1.38 bits per heavy atom. The first kappa shape index (κ1) is 17.4. The fourth-order valence-corrected chi connectivity index (χ4v) is 1.87. The van der Waals surface area contributed by atoms with Gasteiger partial charge in [0.2, 0.25) is 0 Å². The van der Waals surface area contributed by atoms with Crippen LogP contribution in [0.4, 0.5) is 4.39 Å². The molecule has 1 amide bonds. The van der Waals surface area contributed by atoms with Gasteiger partial charge in [-0.2, -0.15) is 0 Å². The molecule has 0 aromatic heterocycles. The summed E-state index contributed by atoms with van der Waals surface area (Å²) >= 11 is 0. The number of hydrogen-bond donors (Lipinski definition) is 2. The van der Waals surface area contributed by atoms with E-state index in [1.54, 1.807) is 6.07 Å². The van der Waals surface area contributed by atoms with Gasteiger partial charge >= 0.3 is 0 Å². The predicted octanol–water partition coefficient (Wildman–Crippen LogP) is 2.40. The number of carbonyl (C=O) groups is 1. The molecule has 1 aromatic carbocycles. The van der Waals surface area contributed by atoms with Crippen molar-refractivity contribution in [2.24, 2.45) is 5.73 Å². The second-order valence-corrected chi connectivity index (χ2v) is 5.16. The van der Waals surface area contributed by atoms with Crippen LogP contribution >= 0.6 is 0 Å². The summed E-state index contributed by atoms with van der Waals surface area (Å²) < 4.78 is 18.9. The Labute approximate surface area is 125 Å². The highest BCUT2D eigenvalue weighted by Gasteiger charge is 2.07. The largest absolute Gasteiger partial charge is 0.484 e. The standard InChI is InChI=1S/C16H25FN2O2/c1-3-5-6-19-16(20)11-21-15-9-12(7-13(17)10-15)8-14(18)4-2/h7,9-10,14H,3-6,8,11,18H2,1-2H3,(H,19,20). The summed E-state index contributed by atoms with van der Waals surface area (Å²) in [5, 5.41) is 2.75. The Bertz CT molecular complexity index is 452. The molecule has 0 spiro atoms. The van der Waals surface area contributed by atoms with Crippen LogP contribution in [-0.2, 0) is 11.2 Å². The third-order valence-corrected chi connectivity index (χ3v) is 3.18. The van der Waals surface area contributed by atoms with Gasteiger partial charge in [-0.1, -0.05) is 20.3 Å². The molecule has 118 valence electrons. The Morgan fingerprint density at radius 2 is 2.14 bits per heavy atom. The number of benzene rings is 1. The number of carbonyl (C=O) groups excluding carboxylic acids is 1. The highest BCUT2D eigenvalue weighted by atomic mass is 19.1. The summed E-state index contributed by atoms with van der Waals surface area (Å²) in [5.41, 5.74) is 6.65. The molecule has 3 N–H and O–H groups in total. The minimum atomic E-state index is -0.378. The van der Waals surface area contributed by atoms with E-state index in [4.69, 9.17) is 10.5 Å². The zero-order valence-electron chi connectivity index (χ0n) is 12.8. The van der Waals surface area contributed by atoms with Gasteiger partial charge in [-0.15, -0.1) is 0 Å². The normalized spacial score (nSPS) is 12.0. The van der Waals surface area contributed by atoms with Crippen molar-refractivity contribution in [3.8, 4) is 5.75 Å². The number of rotatable bonds is 9. The van der Waals surface area contributed by atoms with Crippen molar-refractivity contribution in [2.45, 2.75) is 45.6 Å². The lowest BCUT2D eigenvalue weighted by atomic mass is 10.0. The van der Waals surface area contributed by atoms with Gasteiger partial charge in [0, 0.05) is 18.7 Å². The maximum atomic E-state index is 13.5. The second-order valence-electron chi connectivity index (χ2n) is 5.16. The van der Waals surface area contributed by atoms with Gasteiger partial charge in [0.1, 0.15) is 11.6 Å². The van der Waals surface area contributed by atoms with E-state index in [1.807, 2.05) is 6.92 Å². The van der Waals surface area contributed by atoms with Gasteiger partial charge in [-0.25, -0.2) is 4.39 Å². The summed E-state index contributed by atoms with van der Waals surface area (Å²) in [6.45, 7) is 4.57. The number of nitrogens with two attached hydrogens (primary N) is 1. The maximum absolute atomic E-state index is 13.5. The van der Waals surface area contributed by atoms with E-state index in [2.05, 4.69) is 12.2 Å². The SMILES string of the molecule is CCCCNC(=O)COc1cc(F)cc(CC(N)CC)c1. The molecule has 0 aliphatic carbocycles. The summed E-state index contributed by atoms with van der Waals surface area (Å²) in [4.78, 5) is 11.5. The van der Waals surface area contributed by atoms with E-state index >= 15 is 0 Å². The van der Waals surface area contributed by atoms with Crippen molar-refractivity contribution >= 4 is 5.91 Å². The Morgan fingerprint density at radius 3 is 2.81 bits per heavy atom. The van der Waals surface area contributed by atoms with E-state index in [-0.39, 0.29) is 24.4 Å². The molecule has 0 radical (unpaired) electrons. The van der Waals surface area contributed by atoms with Crippen molar-refractivity contribution in [2.75, 3.05) is 13.2 Å². The van der Waals surface area contributed by atoms with Crippen molar-refractivity contribution in [1.82, 2.24) is 5.32 Å². The molecule has 0 saturated heterocycles. The Balaban J connectivity index is 2.52. The number of nitrogens with one attached hydrogen (secondary N) is 1. The van der Waals surface area contributed by atoms with E-state index < -0.39 is 0 Å². The van der Waals surface area contributed by atoms with Crippen LogP contribution in [0.3, 0.4) is 0 Å². The first-order valence-electron chi connectivity index (χ1n) is 7.49. The first-order valence-corrected chi connectivity index (χ1v) is 7.49. The van der Waals surface area contributed by atoms with Crippen LogP contribution < -0.4 is 15.8 Å². The molecule has 1 unspecified atom stereocenters. The number of hydrogen-bond acceptors (Lipinski definition) is 3. The minimum Gasteiger partial charge on any atom is -0.484 e. The van der Waals surface area contributed by atoms with Gasteiger partial charge < -0.3 is 15.8 Å². The second kappa shape index (κ2) is 9.34. The number of amides is 1. The van der Waals surface area contributed by atoms with Gasteiger partial charge in [0.25, 0.3) is 5.91 Å². The van der Waals surface area contributed by atoms with Crippen LogP contribution in [0, 0.1) is 5.82 Å². The van der Waals surface area contributed by atoms with Gasteiger partial charge in [0.05, 0.1) is 0 Å². The predicted molar refractivity (Wildman–Crippen MR) is 81.8 cm³/mol. The molecule has 5 heteroatoms. The van der Waals surface area contributed by atoms with Crippen molar-refractivity contribution in [3.05, 3.63) is 29.6 Å². The topological polar surface area (TPSA) is 64.3 Å². The Hall–Kier alpha value is -1.62. The molecule has 21 heavy (non-hydrogen) atoms. The first-order chi connectivity index (χ1) is 10.0. The molecule has 0 bridgehead atoms. The zero-order valence-corrected chi connectivity index (χ0v) is 12.8. The average Bonchev–Trinajstić information content (AvgIpc) is 2.44. The molecule has 1 atom stereocenters.